The van der Waals surface area contributed by atoms with Gasteiger partial charge in [-0.1, -0.05) is 13.8 Å². The Morgan fingerprint density at radius 1 is 1.50 bits per heavy atom. The van der Waals surface area contributed by atoms with Gasteiger partial charge in [-0.05, 0) is 0 Å². The topological polar surface area (TPSA) is 52.1 Å². The Balaban J connectivity index is 2.72. The van der Waals surface area contributed by atoms with Gasteiger partial charge in [-0.15, -0.1) is 0 Å². The third-order valence-electron chi connectivity index (χ3n) is 1.87. The molecule has 0 aliphatic heterocycles. The predicted octanol–water partition coefficient (Wildman–Crippen LogP) is 1.25. The highest BCUT2D eigenvalue weighted by molar-refractivity contribution is 5.82. The summed E-state index contributed by atoms with van der Waals surface area (Å²) in [6.45, 7) is 3.74. The van der Waals surface area contributed by atoms with E-state index < -0.39 is 0 Å². The van der Waals surface area contributed by atoms with Gasteiger partial charge in [0.15, 0.2) is 0 Å². The van der Waals surface area contributed by atoms with Crippen molar-refractivity contribution >= 4 is 5.78 Å². The summed E-state index contributed by atoms with van der Waals surface area (Å²) in [6, 6.07) is 0. The number of nitrogens with zero attached hydrogens (tertiary/aromatic N) is 2. The molecular formula is C10H14N2O2. The van der Waals surface area contributed by atoms with E-state index in [1.54, 1.807) is 6.20 Å². The van der Waals surface area contributed by atoms with Crippen LogP contribution in [-0.2, 0) is 11.2 Å². The van der Waals surface area contributed by atoms with Crippen molar-refractivity contribution in [1.82, 2.24) is 9.97 Å². The smallest absolute Gasteiger partial charge is 0.232 e. The van der Waals surface area contributed by atoms with E-state index >= 15 is 0 Å². The van der Waals surface area contributed by atoms with Crippen LogP contribution < -0.4 is 4.74 Å². The molecule has 0 aromatic carbocycles. The molecule has 0 unspecified atom stereocenters. The van der Waals surface area contributed by atoms with Crippen LogP contribution in [0.1, 0.15) is 19.5 Å². The van der Waals surface area contributed by atoms with E-state index in [9.17, 15) is 4.79 Å². The number of methoxy groups -OCH3 is 1. The van der Waals surface area contributed by atoms with Crippen LogP contribution in [-0.4, -0.2) is 22.9 Å². The summed E-state index contributed by atoms with van der Waals surface area (Å²) in [5.74, 6) is 0.634. The molecule has 1 heterocycles. The van der Waals surface area contributed by atoms with Crippen LogP contribution >= 0.6 is 0 Å². The zero-order valence-corrected chi connectivity index (χ0v) is 8.65. The molecule has 14 heavy (non-hydrogen) atoms. The molecule has 0 amide bonds. The van der Waals surface area contributed by atoms with Gasteiger partial charge in [0.05, 0.1) is 25.4 Å². The maximum absolute atomic E-state index is 11.4. The summed E-state index contributed by atoms with van der Waals surface area (Å²) in [5, 5.41) is 0. The Labute approximate surface area is 83.3 Å². The molecule has 0 fully saturated rings. The second-order valence-corrected chi connectivity index (χ2v) is 3.35. The third kappa shape index (κ3) is 2.80. The van der Waals surface area contributed by atoms with E-state index in [1.165, 1.54) is 13.3 Å². The minimum atomic E-state index is 0.0306. The van der Waals surface area contributed by atoms with Crippen molar-refractivity contribution in [3.63, 3.8) is 0 Å². The lowest BCUT2D eigenvalue weighted by atomic mass is 10.1. The quantitative estimate of drug-likeness (QED) is 0.724. The first-order chi connectivity index (χ1) is 6.63. The highest BCUT2D eigenvalue weighted by Gasteiger charge is 2.09. The van der Waals surface area contributed by atoms with Crippen molar-refractivity contribution in [2.75, 3.05) is 7.11 Å². The van der Waals surface area contributed by atoms with E-state index in [2.05, 4.69) is 9.97 Å². The van der Waals surface area contributed by atoms with Crippen LogP contribution in [0.15, 0.2) is 12.4 Å². The second-order valence-electron chi connectivity index (χ2n) is 3.35. The summed E-state index contributed by atoms with van der Waals surface area (Å²) in [4.78, 5) is 19.4. The molecule has 0 atom stereocenters. The highest BCUT2D eigenvalue weighted by Crippen LogP contribution is 2.07. The van der Waals surface area contributed by atoms with E-state index in [4.69, 9.17) is 4.74 Å². The van der Waals surface area contributed by atoms with Crippen LogP contribution in [0.5, 0.6) is 5.88 Å². The van der Waals surface area contributed by atoms with Crippen LogP contribution in [0.4, 0.5) is 0 Å². The van der Waals surface area contributed by atoms with Crippen molar-refractivity contribution in [2.24, 2.45) is 5.92 Å². The van der Waals surface area contributed by atoms with Crippen molar-refractivity contribution in [1.29, 1.82) is 0 Å². The fraction of sp³-hybridized carbons (Fsp3) is 0.500. The average molecular weight is 194 g/mol. The van der Waals surface area contributed by atoms with Gasteiger partial charge in [0.25, 0.3) is 0 Å². The first kappa shape index (κ1) is 10.6. The van der Waals surface area contributed by atoms with Crippen LogP contribution in [0.3, 0.4) is 0 Å². The zero-order chi connectivity index (χ0) is 10.6. The summed E-state index contributed by atoms with van der Waals surface area (Å²) in [5.41, 5.74) is 0.656. The summed E-state index contributed by atoms with van der Waals surface area (Å²) in [7, 11) is 1.53. The van der Waals surface area contributed by atoms with Gasteiger partial charge in [0.2, 0.25) is 5.88 Å². The lowest BCUT2D eigenvalue weighted by molar-refractivity contribution is -0.121. The van der Waals surface area contributed by atoms with Crippen molar-refractivity contribution in [2.45, 2.75) is 20.3 Å². The largest absolute Gasteiger partial charge is 0.480 e. The second kappa shape index (κ2) is 4.69. The Kier molecular flexibility index (Phi) is 3.56. The number of ketones is 1. The highest BCUT2D eigenvalue weighted by atomic mass is 16.5. The molecule has 0 spiro atoms. The third-order valence-corrected chi connectivity index (χ3v) is 1.87. The van der Waals surface area contributed by atoms with E-state index in [1.807, 2.05) is 13.8 Å². The van der Waals surface area contributed by atoms with Crippen LogP contribution in [0.25, 0.3) is 0 Å². The number of rotatable bonds is 4. The fourth-order valence-corrected chi connectivity index (χ4v) is 0.952. The molecule has 0 N–H and O–H groups in total. The van der Waals surface area contributed by atoms with Gasteiger partial charge >= 0.3 is 0 Å². The fourth-order valence-electron chi connectivity index (χ4n) is 0.952. The molecule has 0 aliphatic carbocycles. The van der Waals surface area contributed by atoms with E-state index in [0.29, 0.717) is 18.0 Å². The normalized spacial score (nSPS) is 10.3. The molecule has 1 aromatic heterocycles. The summed E-state index contributed by atoms with van der Waals surface area (Å²) < 4.78 is 4.91. The van der Waals surface area contributed by atoms with Gasteiger partial charge in [-0.25, -0.2) is 4.98 Å². The van der Waals surface area contributed by atoms with Crippen molar-refractivity contribution in [3.8, 4) is 5.88 Å². The zero-order valence-electron chi connectivity index (χ0n) is 8.65. The Morgan fingerprint density at radius 2 is 2.21 bits per heavy atom. The Bertz CT molecular complexity index is 324. The molecule has 0 aliphatic rings. The number of hydrogen-bond acceptors (Lipinski definition) is 4. The average Bonchev–Trinajstić information content (AvgIpc) is 2.18. The summed E-state index contributed by atoms with van der Waals surface area (Å²) >= 11 is 0. The molecule has 4 nitrogen and oxygen atoms in total. The number of ether oxygens (including phenoxy) is 1. The first-order valence-electron chi connectivity index (χ1n) is 4.51. The SMILES string of the molecule is COc1cncc(CC(=O)C(C)C)n1. The van der Waals surface area contributed by atoms with Gasteiger partial charge in [0, 0.05) is 12.1 Å². The molecule has 0 bridgehead atoms. The molecule has 0 saturated carbocycles. The number of aromatic nitrogens is 2. The molecule has 0 radical (unpaired) electrons. The molecule has 1 aromatic rings. The van der Waals surface area contributed by atoms with Gasteiger partial charge in [-0.3, -0.25) is 9.78 Å². The number of carbonyl (C=O) groups excluding carboxylic acids is 1. The number of carbonyl (C=O) groups is 1. The molecule has 0 saturated heterocycles. The minimum absolute atomic E-state index is 0.0306. The maximum atomic E-state index is 11.4. The maximum Gasteiger partial charge on any atom is 0.232 e. The van der Waals surface area contributed by atoms with Crippen LogP contribution in [0, 0.1) is 5.92 Å². The molecule has 76 valence electrons. The van der Waals surface area contributed by atoms with Gasteiger partial charge in [0.1, 0.15) is 5.78 Å². The number of Topliss-reactive ketones (excluding diaryl/α,β-unsaturated/α-hetero) is 1. The monoisotopic (exact) mass is 194 g/mol. The van der Waals surface area contributed by atoms with E-state index in [-0.39, 0.29) is 11.7 Å². The standard InChI is InChI=1S/C10H14N2O2/c1-7(2)9(13)4-8-5-11-6-10(12-8)14-3/h5-7H,4H2,1-3H3. The predicted molar refractivity (Wildman–Crippen MR) is 52.1 cm³/mol. The molecular weight excluding hydrogens is 180 g/mol. The van der Waals surface area contributed by atoms with Crippen molar-refractivity contribution < 1.29 is 9.53 Å². The number of hydrogen-bond donors (Lipinski definition) is 0. The van der Waals surface area contributed by atoms with Gasteiger partial charge in [-0.2, -0.15) is 0 Å². The molecule has 1 rings (SSSR count). The summed E-state index contributed by atoms with van der Waals surface area (Å²) in [6.07, 6.45) is 3.42. The lowest BCUT2D eigenvalue weighted by Crippen LogP contribution is -2.11. The van der Waals surface area contributed by atoms with E-state index in [0.717, 1.165) is 0 Å². The molecule has 4 heteroatoms. The lowest BCUT2D eigenvalue weighted by Gasteiger charge is -2.04. The van der Waals surface area contributed by atoms with Crippen LogP contribution in [0.2, 0.25) is 0 Å². The Hall–Kier alpha value is -1.45. The minimum Gasteiger partial charge on any atom is -0.480 e. The Morgan fingerprint density at radius 3 is 2.79 bits per heavy atom. The van der Waals surface area contributed by atoms with Crippen molar-refractivity contribution in [3.05, 3.63) is 18.1 Å². The first-order valence-corrected chi connectivity index (χ1v) is 4.51. The van der Waals surface area contributed by atoms with Gasteiger partial charge < -0.3 is 4.74 Å².